The molecule has 2 aromatic rings. The van der Waals surface area contributed by atoms with Gasteiger partial charge < -0.3 is 14.6 Å². The summed E-state index contributed by atoms with van der Waals surface area (Å²) < 4.78 is 11.5. The van der Waals surface area contributed by atoms with E-state index in [1.807, 2.05) is 38.1 Å². The molecule has 0 fully saturated rings. The van der Waals surface area contributed by atoms with Crippen LogP contribution in [0.1, 0.15) is 44.7 Å². The molecule has 0 radical (unpaired) electrons. The van der Waals surface area contributed by atoms with Crippen molar-refractivity contribution in [1.29, 1.82) is 0 Å². The first kappa shape index (κ1) is 18.8. The predicted molar refractivity (Wildman–Crippen MR) is 97.7 cm³/mol. The Labute approximate surface area is 149 Å². The fraction of sp³-hybridized carbons (Fsp3) is 0.400. The molecule has 0 aliphatic carbocycles. The maximum Gasteiger partial charge on any atom is 0.191 e. The maximum absolute atomic E-state index is 10.6. The van der Waals surface area contributed by atoms with E-state index >= 15 is 0 Å². The highest BCUT2D eigenvalue weighted by molar-refractivity contribution is 6.31. The molecule has 0 aliphatic heterocycles. The molecule has 0 saturated carbocycles. The molecule has 2 aromatic carbocycles. The monoisotopic (exact) mass is 348 g/mol. The summed E-state index contributed by atoms with van der Waals surface area (Å²) in [4.78, 5) is 0. The highest BCUT2D eigenvalue weighted by atomic mass is 35.5. The van der Waals surface area contributed by atoms with Crippen LogP contribution in [-0.4, -0.2) is 11.2 Å². The van der Waals surface area contributed by atoms with Gasteiger partial charge in [0.15, 0.2) is 5.79 Å². The minimum absolute atomic E-state index is 0.0513. The lowest BCUT2D eigenvalue weighted by Gasteiger charge is -2.29. The van der Waals surface area contributed by atoms with Gasteiger partial charge in [0.1, 0.15) is 11.5 Å². The van der Waals surface area contributed by atoms with Crippen LogP contribution in [0.2, 0.25) is 5.02 Å². The van der Waals surface area contributed by atoms with E-state index in [0.29, 0.717) is 16.3 Å². The third-order valence-electron chi connectivity index (χ3n) is 3.82. The quantitative estimate of drug-likeness (QED) is 0.641. The third-order valence-corrected chi connectivity index (χ3v) is 4.14. The summed E-state index contributed by atoms with van der Waals surface area (Å²) in [5.41, 5.74) is 1.70. The predicted octanol–water partition coefficient (Wildman–Crippen LogP) is 5.81. The number of aryl methyl sites for hydroxylation is 1. The summed E-state index contributed by atoms with van der Waals surface area (Å²) in [6, 6.07) is 13.0. The van der Waals surface area contributed by atoms with Crippen LogP contribution in [0.15, 0.2) is 42.5 Å². The van der Waals surface area contributed by atoms with Crippen LogP contribution >= 0.6 is 11.6 Å². The van der Waals surface area contributed by atoms with Gasteiger partial charge in [0.2, 0.25) is 0 Å². The molecule has 0 bridgehead atoms. The summed E-state index contributed by atoms with van der Waals surface area (Å²) in [7, 11) is 0. The van der Waals surface area contributed by atoms with Gasteiger partial charge in [-0.2, -0.15) is 0 Å². The van der Waals surface area contributed by atoms with Gasteiger partial charge in [-0.15, -0.1) is 0 Å². The van der Waals surface area contributed by atoms with Gasteiger partial charge in [-0.1, -0.05) is 42.6 Å². The first-order chi connectivity index (χ1) is 11.3. The summed E-state index contributed by atoms with van der Waals surface area (Å²) in [6.45, 7) is 7.66. The highest BCUT2D eigenvalue weighted by Gasteiger charge is 2.29. The normalized spacial score (nSPS) is 14.9. The van der Waals surface area contributed by atoms with Gasteiger partial charge in [0, 0.05) is 5.56 Å². The fourth-order valence-electron chi connectivity index (χ4n) is 2.60. The molecule has 1 N–H and O–H groups in total. The van der Waals surface area contributed by atoms with E-state index in [0.717, 1.165) is 18.6 Å². The van der Waals surface area contributed by atoms with Gasteiger partial charge in [-0.05, 0) is 57.5 Å². The first-order valence-corrected chi connectivity index (χ1v) is 8.64. The summed E-state index contributed by atoms with van der Waals surface area (Å²) in [5, 5.41) is 11.0. The SMILES string of the molecule is CCCC(C)OC(C)(O)c1ccc(Oc2ccc(C)cc2)cc1Cl. The van der Waals surface area contributed by atoms with Crippen molar-refractivity contribution in [1.82, 2.24) is 0 Å². The fourth-order valence-corrected chi connectivity index (χ4v) is 2.94. The van der Waals surface area contributed by atoms with Gasteiger partial charge in [0.05, 0.1) is 11.1 Å². The van der Waals surface area contributed by atoms with Crippen LogP contribution in [0, 0.1) is 6.92 Å². The number of benzene rings is 2. The van der Waals surface area contributed by atoms with Crippen LogP contribution in [-0.2, 0) is 10.5 Å². The average molecular weight is 349 g/mol. The largest absolute Gasteiger partial charge is 0.457 e. The Morgan fingerprint density at radius 1 is 1.12 bits per heavy atom. The highest BCUT2D eigenvalue weighted by Crippen LogP contribution is 2.34. The lowest BCUT2D eigenvalue weighted by atomic mass is 10.1. The zero-order valence-corrected chi connectivity index (χ0v) is 15.4. The van der Waals surface area contributed by atoms with Crippen molar-refractivity contribution in [2.45, 2.75) is 52.4 Å². The van der Waals surface area contributed by atoms with E-state index in [1.165, 1.54) is 5.56 Å². The average Bonchev–Trinajstić information content (AvgIpc) is 2.49. The summed E-state index contributed by atoms with van der Waals surface area (Å²) >= 11 is 6.35. The van der Waals surface area contributed by atoms with E-state index in [9.17, 15) is 5.11 Å². The molecule has 0 spiro atoms. The molecule has 0 amide bonds. The zero-order valence-electron chi connectivity index (χ0n) is 14.7. The molecular weight excluding hydrogens is 324 g/mol. The van der Waals surface area contributed by atoms with Crippen molar-refractivity contribution in [2.24, 2.45) is 0 Å². The molecule has 2 atom stereocenters. The van der Waals surface area contributed by atoms with Gasteiger partial charge >= 0.3 is 0 Å². The van der Waals surface area contributed by atoms with Crippen molar-refractivity contribution in [3.8, 4) is 11.5 Å². The standard InChI is InChI=1S/C20H25ClO3/c1-5-6-15(3)24-20(4,22)18-12-11-17(13-19(18)21)23-16-9-7-14(2)8-10-16/h7-13,15,22H,5-6H2,1-4H3. The Bertz CT molecular complexity index is 665. The molecule has 3 nitrogen and oxygen atoms in total. The number of ether oxygens (including phenoxy) is 2. The van der Waals surface area contributed by atoms with Crippen molar-refractivity contribution < 1.29 is 14.6 Å². The number of rotatable bonds is 7. The van der Waals surface area contributed by atoms with Gasteiger partial charge in [-0.25, -0.2) is 0 Å². The minimum Gasteiger partial charge on any atom is -0.457 e. The Balaban J connectivity index is 2.15. The molecule has 2 unspecified atom stereocenters. The molecule has 2 rings (SSSR count). The molecule has 130 valence electrons. The lowest BCUT2D eigenvalue weighted by Crippen LogP contribution is -2.30. The third kappa shape index (κ3) is 4.97. The van der Waals surface area contributed by atoms with Crippen molar-refractivity contribution in [3.63, 3.8) is 0 Å². The molecule has 0 saturated heterocycles. The summed E-state index contributed by atoms with van der Waals surface area (Å²) in [6.07, 6.45) is 1.82. The van der Waals surface area contributed by atoms with E-state index in [2.05, 4.69) is 6.92 Å². The molecule has 4 heteroatoms. The van der Waals surface area contributed by atoms with Crippen molar-refractivity contribution >= 4 is 11.6 Å². The maximum atomic E-state index is 10.6. The molecule has 24 heavy (non-hydrogen) atoms. The van der Waals surface area contributed by atoms with Crippen LogP contribution in [0.3, 0.4) is 0 Å². The first-order valence-electron chi connectivity index (χ1n) is 8.26. The van der Waals surface area contributed by atoms with E-state index in [-0.39, 0.29) is 6.10 Å². The van der Waals surface area contributed by atoms with Crippen LogP contribution in [0.4, 0.5) is 0 Å². The number of halogens is 1. The van der Waals surface area contributed by atoms with Crippen LogP contribution < -0.4 is 4.74 Å². The summed E-state index contributed by atoms with van der Waals surface area (Å²) in [5.74, 6) is -0.0809. The number of hydrogen-bond donors (Lipinski definition) is 1. The van der Waals surface area contributed by atoms with Crippen molar-refractivity contribution in [3.05, 3.63) is 58.6 Å². The Morgan fingerprint density at radius 2 is 1.75 bits per heavy atom. The second-order valence-corrected chi connectivity index (χ2v) is 6.66. The zero-order chi connectivity index (χ0) is 17.7. The minimum atomic E-state index is -1.44. The van der Waals surface area contributed by atoms with Crippen LogP contribution in [0.25, 0.3) is 0 Å². The number of aliphatic hydroxyl groups is 1. The lowest BCUT2D eigenvalue weighted by molar-refractivity contribution is -0.224. The number of hydrogen-bond acceptors (Lipinski definition) is 3. The van der Waals surface area contributed by atoms with E-state index in [4.69, 9.17) is 21.1 Å². The Kier molecular flexibility index (Phi) is 6.27. The molecule has 0 heterocycles. The smallest absolute Gasteiger partial charge is 0.191 e. The molecule has 0 aliphatic rings. The molecular formula is C20H25ClO3. The Hall–Kier alpha value is -1.55. The van der Waals surface area contributed by atoms with Crippen LogP contribution in [0.5, 0.6) is 11.5 Å². The van der Waals surface area contributed by atoms with E-state index < -0.39 is 5.79 Å². The van der Waals surface area contributed by atoms with Gasteiger partial charge in [-0.3, -0.25) is 0 Å². The molecule has 0 aromatic heterocycles. The van der Waals surface area contributed by atoms with E-state index in [1.54, 1.807) is 25.1 Å². The van der Waals surface area contributed by atoms with Gasteiger partial charge in [0.25, 0.3) is 0 Å². The topological polar surface area (TPSA) is 38.7 Å². The Morgan fingerprint density at radius 3 is 2.33 bits per heavy atom. The second-order valence-electron chi connectivity index (χ2n) is 6.26. The van der Waals surface area contributed by atoms with Crippen molar-refractivity contribution in [2.75, 3.05) is 0 Å². The second kappa shape index (κ2) is 8.02.